The van der Waals surface area contributed by atoms with E-state index >= 15 is 0 Å². The van der Waals surface area contributed by atoms with E-state index in [0.717, 1.165) is 30.5 Å². The number of Topliss-reactive ketones (excluding diaryl/α,β-unsaturated/α-hetero) is 1. The minimum atomic E-state index is 0.175. The zero-order chi connectivity index (χ0) is 14.1. The maximum absolute atomic E-state index is 10.8. The van der Waals surface area contributed by atoms with Crippen molar-refractivity contribution in [1.29, 1.82) is 0 Å². The van der Waals surface area contributed by atoms with Gasteiger partial charge in [-0.25, -0.2) is 9.97 Å². The van der Waals surface area contributed by atoms with E-state index < -0.39 is 0 Å². The van der Waals surface area contributed by atoms with E-state index in [1.54, 1.807) is 6.92 Å². The Hall–Kier alpha value is -1.65. The zero-order valence-electron chi connectivity index (χ0n) is 12.1. The first kappa shape index (κ1) is 15.4. The number of ketones is 1. The molecule has 0 saturated carbocycles. The average Bonchev–Trinajstić information content (AvgIpc) is 2.34. The van der Waals surface area contributed by atoms with Crippen LogP contribution in [0.1, 0.15) is 40.0 Å². The van der Waals surface area contributed by atoms with Gasteiger partial charge in [-0.05, 0) is 25.7 Å². The lowest BCUT2D eigenvalue weighted by Crippen LogP contribution is -2.09. The summed E-state index contributed by atoms with van der Waals surface area (Å²) < 4.78 is 0. The van der Waals surface area contributed by atoms with Gasteiger partial charge < -0.3 is 10.6 Å². The molecule has 0 atom stereocenters. The quantitative estimate of drug-likeness (QED) is 0.671. The fraction of sp³-hybridized carbons (Fsp3) is 0.643. The predicted molar refractivity (Wildman–Crippen MR) is 78.4 cm³/mol. The summed E-state index contributed by atoms with van der Waals surface area (Å²) in [6.45, 7) is 7.56. The Balaban J connectivity index is 2.32. The summed E-state index contributed by atoms with van der Waals surface area (Å²) in [5.41, 5.74) is 0. The lowest BCUT2D eigenvalue weighted by Gasteiger charge is -2.09. The second kappa shape index (κ2) is 8.45. The lowest BCUT2D eigenvalue weighted by atomic mass is 10.1. The highest BCUT2D eigenvalue weighted by Crippen LogP contribution is 2.09. The highest BCUT2D eigenvalue weighted by Gasteiger charge is 2.00. The average molecular weight is 264 g/mol. The number of hydrogen-bond acceptors (Lipinski definition) is 5. The van der Waals surface area contributed by atoms with Crippen LogP contribution in [-0.4, -0.2) is 28.8 Å². The molecule has 106 valence electrons. The summed E-state index contributed by atoms with van der Waals surface area (Å²) in [4.78, 5) is 19.1. The SMILES string of the molecule is CC(=O)CCNc1cc(NCCCC(C)C)ncn1. The molecular weight excluding hydrogens is 240 g/mol. The van der Waals surface area contributed by atoms with Crippen LogP contribution in [0, 0.1) is 5.92 Å². The Morgan fingerprint density at radius 2 is 1.84 bits per heavy atom. The molecule has 19 heavy (non-hydrogen) atoms. The Morgan fingerprint density at radius 1 is 1.21 bits per heavy atom. The van der Waals surface area contributed by atoms with E-state index in [4.69, 9.17) is 0 Å². The molecule has 5 heteroatoms. The zero-order valence-corrected chi connectivity index (χ0v) is 12.1. The number of hydrogen-bond donors (Lipinski definition) is 2. The van der Waals surface area contributed by atoms with Crippen LogP contribution in [0.3, 0.4) is 0 Å². The molecule has 0 radical (unpaired) electrons. The first-order valence-corrected chi connectivity index (χ1v) is 6.87. The number of carbonyl (C=O) groups excluding carboxylic acids is 1. The molecule has 1 aromatic rings. The first-order chi connectivity index (χ1) is 9.08. The van der Waals surface area contributed by atoms with Gasteiger partial charge >= 0.3 is 0 Å². The molecule has 0 saturated heterocycles. The first-order valence-electron chi connectivity index (χ1n) is 6.87. The van der Waals surface area contributed by atoms with Gasteiger partial charge in [0.2, 0.25) is 0 Å². The Morgan fingerprint density at radius 3 is 2.42 bits per heavy atom. The second-order valence-electron chi connectivity index (χ2n) is 5.13. The van der Waals surface area contributed by atoms with Crippen molar-refractivity contribution in [1.82, 2.24) is 9.97 Å². The van der Waals surface area contributed by atoms with Crippen LogP contribution in [0.5, 0.6) is 0 Å². The fourth-order valence-corrected chi connectivity index (χ4v) is 1.64. The third kappa shape index (κ3) is 7.39. The van der Waals surface area contributed by atoms with Crippen molar-refractivity contribution in [2.45, 2.75) is 40.0 Å². The maximum atomic E-state index is 10.8. The monoisotopic (exact) mass is 264 g/mol. The summed E-state index contributed by atoms with van der Waals surface area (Å²) in [6.07, 6.45) is 4.39. The summed E-state index contributed by atoms with van der Waals surface area (Å²) in [5.74, 6) is 2.48. The van der Waals surface area contributed by atoms with E-state index in [1.807, 2.05) is 6.07 Å². The molecule has 1 heterocycles. The number of carbonyl (C=O) groups is 1. The molecule has 0 fully saturated rings. The lowest BCUT2D eigenvalue weighted by molar-refractivity contribution is -0.116. The van der Waals surface area contributed by atoms with Gasteiger partial charge in [-0.3, -0.25) is 4.79 Å². The van der Waals surface area contributed by atoms with Crippen LogP contribution in [-0.2, 0) is 4.79 Å². The molecule has 5 nitrogen and oxygen atoms in total. The Bertz CT molecular complexity index is 393. The molecule has 0 aromatic carbocycles. The Kier molecular flexibility index (Phi) is 6.85. The largest absolute Gasteiger partial charge is 0.370 e. The minimum absolute atomic E-state index is 0.175. The third-order valence-corrected chi connectivity index (χ3v) is 2.71. The fourth-order valence-electron chi connectivity index (χ4n) is 1.64. The van der Waals surface area contributed by atoms with Gasteiger partial charge in [0.05, 0.1) is 0 Å². The van der Waals surface area contributed by atoms with Crippen LogP contribution in [0.4, 0.5) is 11.6 Å². The van der Waals surface area contributed by atoms with Crippen LogP contribution in [0.15, 0.2) is 12.4 Å². The van der Waals surface area contributed by atoms with Gasteiger partial charge in [0.1, 0.15) is 23.7 Å². The Labute approximate surface area is 115 Å². The number of nitrogens with zero attached hydrogens (tertiary/aromatic N) is 2. The van der Waals surface area contributed by atoms with Crippen LogP contribution in [0.2, 0.25) is 0 Å². The van der Waals surface area contributed by atoms with Gasteiger partial charge in [-0.15, -0.1) is 0 Å². The van der Waals surface area contributed by atoms with Crippen molar-refractivity contribution < 1.29 is 4.79 Å². The van der Waals surface area contributed by atoms with Crippen molar-refractivity contribution in [3.63, 3.8) is 0 Å². The third-order valence-electron chi connectivity index (χ3n) is 2.71. The minimum Gasteiger partial charge on any atom is -0.370 e. The molecule has 0 aliphatic carbocycles. The van der Waals surface area contributed by atoms with Gasteiger partial charge in [0.25, 0.3) is 0 Å². The van der Waals surface area contributed by atoms with Crippen molar-refractivity contribution in [2.75, 3.05) is 23.7 Å². The molecule has 0 bridgehead atoms. The van der Waals surface area contributed by atoms with Crippen molar-refractivity contribution in [2.24, 2.45) is 5.92 Å². The van der Waals surface area contributed by atoms with E-state index in [0.29, 0.717) is 13.0 Å². The molecule has 0 amide bonds. The van der Waals surface area contributed by atoms with Gasteiger partial charge in [0, 0.05) is 25.6 Å². The molecule has 0 aliphatic heterocycles. The number of rotatable bonds is 9. The van der Waals surface area contributed by atoms with Crippen molar-refractivity contribution >= 4 is 17.4 Å². The number of nitrogens with one attached hydrogen (secondary N) is 2. The van der Waals surface area contributed by atoms with E-state index in [2.05, 4.69) is 34.4 Å². The topological polar surface area (TPSA) is 66.9 Å². The van der Waals surface area contributed by atoms with Crippen molar-refractivity contribution in [3.8, 4) is 0 Å². The van der Waals surface area contributed by atoms with Gasteiger partial charge in [-0.2, -0.15) is 0 Å². The van der Waals surface area contributed by atoms with Crippen LogP contribution < -0.4 is 10.6 Å². The van der Waals surface area contributed by atoms with Crippen molar-refractivity contribution in [3.05, 3.63) is 12.4 Å². The summed E-state index contributed by atoms with van der Waals surface area (Å²) >= 11 is 0. The van der Waals surface area contributed by atoms with Gasteiger partial charge in [-0.1, -0.05) is 13.8 Å². The highest BCUT2D eigenvalue weighted by molar-refractivity contribution is 5.75. The normalized spacial score (nSPS) is 10.5. The molecule has 0 spiro atoms. The summed E-state index contributed by atoms with van der Waals surface area (Å²) in [7, 11) is 0. The van der Waals surface area contributed by atoms with E-state index in [-0.39, 0.29) is 5.78 Å². The van der Waals surface area contributed by atoms with E-state index in [9.17, 15) is 4.79 Å². The van der Waals surface area contributed by atoms with Crippen LogP contribution in [0.25, 0.3) is 0 Å². The molecule has 0 unspecified atom stereocenters. The standard InChI is InChI=1S/C14H24N4O/c1-11(2)5-4-7-15-13-9-14(18-10-17-13)16-8-6-12(3)19/h9-11H,4-8H2,1-3H3,(H2,15,16,17,18). The van der Waals surface area contributed by atoms with Crippen LogP contribution >= 0.6 is 0 Å². The number of anilines is 2. The number of aromatic nitrogens is 2. The highest BCUT2D eigenvalue weighted by atomic mass is 16.1. The maximum Gasteiger partial charge on any atom is 0.131 e. The second-order valence-corrected chi connectivity index (χ2v) is 5.13. The summed E-state index contributed by atoms with van der Waals surface area (Å²) in [6, 6.07) is 1.87. The predicted octanol–water partition coefficient (Wildman–Crippen LogP) is 2.72. The molecule has 1 aromatic heterocycles. The molecule has 0 aliphatic rings. The summed E-state index contributed by atoms with van der Waals surface area (Å²) in [5, 5.41) is 6.39. The smallest absolute Gasteiger partial charge is 0.131 e. The molecule has 2 N–H and O–H groups in total. The van der Waals surface area contributed by atoms with Gasteiger partial charge in [0.15, 0.2) is 0 Å². The molecule has 1 rings (SSSR count). The molecular formula is C14H24N4O. The van der Waals surface area contributed by atoms with E-state index in [1.165, 1.54) is 12.7 Å².